The molecule has 1 aromatic heterocycles. The van der Waals surface area contributed by atoms with Gasteiger partial charge >= 0.3 is 0 Å². The van der Waals surface area contributed by atoms with Gasteiger partial charge in [0.25, 0.3) is 0 Å². The van der Waals surface area contributed by atoms with Crippen LogP contribution in [0.25, 0.3) is 0 Å². The van der Waals surface area contributed by atoms with Crippen LogP contribution in [0.2, 0.25) is 0 Å². The van der Waals surface area contributed by atoms with Crippen LogP contribution in [0.3, 0.4) is 0 Å². The molecule has 1 fully saturated rings. The van der Waals surface area contributed by atoms with Gasteiger partial charge in [-0.1, -0.05) is 13.8 Å². The molecule has 2 heterocycles. The quantitative estimate of drug-likeness (QED) is 0.804. The third kappa shape index (κ3) is 2.64. The maximum Gasteiger partial charge on any atom is 0.128 e. The average Bonchev–Trinajstić information content (AvgIpc) is 2.66. The number of nitrogens with one attached hydrogen (secondary N) is 1. The molecule has 0 aliphatic carbocycles. The second-order valence-corrected chi connectivity index (χ2v) is 4.70. The van der Waals surface area contributed by atoms with Gasteiger partial charge in [-0.05, 0) is 18.6 Å². The number of hydrogen-bond acceptors (Lipinski definition) is 4. The summed E-state index contributed by atoms with van der Waals surface area (Å²) in [7, 11) is 0. The summed E-state index contributed by atoms with van der Waals surface area (Å²) in [6.07, 6.45) is 2.91. The number of pyridine rings is 1. The molecule has 0 unspecified atom stereocenters. The molecular weight excluding hydrogens is 200 g/mol. The molecule has 3 N–H and O–H groups in total. The molecule has 0 radical (unpaired) electrons. The average molecular weight is 220 g/mol. The minimum Gasteiger partial charge on any atom is -0.397 e. The molecule has 4 nitrogen and oxygen atoms in total. The van der Waals surface area contributed by atoms with Crippen molar-refractivity contribution >= 4 is 11.5 Å². The molecule has 0 bridgehead atoms. The number of nitrogens with two attached hydrogens (primary N) is 1. The van der Waals surface area contributed by atoms with Crippen LogP contribution in [0.5, 0.6) is 0 Å². The van der Waals surface area contributed by atoms with Gasteiger partial charge in [0.05, 0.1) is 11.9 Å². The standard InChI is InChI=1S/C12H20N4/c1-9(2)15-11-5-6-16(8-11)12-4-3-10(13)7-14-12/h3-4,7,9,11,15H,5-6,8,13H2,1-2H3/t11-/m0/s1. The Bertz CT molecular complexity index is 333. The zero-order chi connectivity index (χ0) is 11.5. The Kier molecular flexibility index (Phi) is 3.29. The highest BCUT2D eigenvalue weighted by atomic mass is 15.2. The van der Waals surface area contributed by atoms with Crippen molar-refractivity contribution in [3.05, 3.63) is 18.3 Å². The summed E-state index contributed by atoms with van der Waals surface area (Å²) in [6.45, 7) is 6.48. The highest BCUT2D eigenvalue weighted by Gasteiger charge is 2.23. The van der Waals surface area contributed by atoms with Crippen LogP contribution in [0.15, 0.2) is 18.3 Å². The molecule has 1 aliphatic rings. The molecule has 16 heavy (non-hydrogen) atoms. The normalized spacial score (nSPS) is 20.7. The van der Waals surface area contributed by atoms with Crippen molar-refractivity contribution in [2.75, 3.05) is 23.7 Å². The second-order valence-electron chi connectivity index (χ2n) is 4.70. The first kappa shape index (κ1) is 11.2. The van der Waals surface area contributed by atoms with E-state index >= 15 is 0 Å². The molecular formula is C12H20N4. The van der Waals surface area contributed by atoms with Gasteiger partial charge in [-0.25, -0.2) is 4.98 Å². The molecule has 2 rings (SSSR count). The number of nitrogens with zero attached hydrogens (tertiary/aromatic N) is 2. The van der Waals surface area contributed by atoms with Gasteiger partial charge in [-0.2, -0.15) is 0 Å². The summed E-state index contributed by atoms with van der Waals surface area (Å²) in [5.41, 5.74) is 6.35. The lowest BCUT2D eigenvalue weighted by Gasteiger charge is -2.19. The second kappa shape index (κ2) is 4.70. The van der Waals surface area contributed by atoms with Crippen molar-refractivity contribution in [3.8, 4) is 0 Å². The first-order chi connectivity index (χ1) is 7.65. The zero-order valence-electron chi connectivity index (χ0n) is 9.98. The van der Waals surface area contributed by atoms with Crippen LogP contribution in [-0.4, -0.2) is 30.2 Å². The minimum atomic E-state index is 0.546. The first-order valence-corrected chi connectivity index (χ1v) is 5.87. The van der Waals surface area contributed by atoms with Crippen LogP contribution in [-0.2, 0) is 0 Å². The van der Waals surface area contributed by atoms with Gasteiger partial charge in [0.1, 0.15) is 5.82 Å². The summed E-state index contributed by atoms with van der Waals surface area (Å²) < 4.78 is 0. The van der Waals surface area contributed by atoms with Crippen LogP contribution < -0.4 is 16.0 Å². The number of aromatic nitrogens is 1. The Hall–Kier alpha value is -1.29. The van der Waals surface area contributed by atoms with Crippen molar-refractivity contribution < 1.29 is 0 Å². The van der Waals surface area contributed by atoms with Crippen molar-refractivity contribution in [2.24, 2.45) is 0 Å². The Morgan fingerprint density at radius 3 is 2.94 bits per heavy atom. The molecule has 1 aliphatic heterocycles. The van der Waals surface area contributed by atoms with E-state index in [1.807, 2.05) is 12.1 Å². The van der Waals surface area contributed by atoms with E-state index < -0.39 is 0 Å². The fourth-order valence-corrected chi connectivity index (χ4v) is 2.16. The first-order valence-electron chi connectivity index (χ1n) is 5.87. The fourth-order valence-electron chi connectivity index (χ4n) is 2.16. The SMILES string of the molecule is CC(C)N[C@H]1CCN(c2ccc(N)cn2)C1. The fraction of sp³-hybridized carbons (Fsp3) is 0.583. The Labute approximate surface area is 96.8 Å². The Morgan fingerprint density at radius 2 is 2.31 bits per heavy atom. The van der Waals surface area contributed by atoms with Crippen molar-refractivity contribution in [3.63, 3.8) is 0 Å². The molecule has 1 atom stereocenters. The molecule has 1 saturated heterocycles. The van der Waals surface area contributed by atoms with E-state index in [2.05, 4.69) is 29.0 Å². The van der Waals surface area contributed by atoms with Crippen LogP contribution in [0, 0.1) is 0 Å². The topological polar surface area (TPSA) is 54.2 Å². The Balaban J connectivity index is 1.95. The summed E-state index contributed by atoms with van der Waals surface area (Å²) in [5, 5.41) is 3.56. The van der Waals surface area contributed by atoms with Gasteiger partial charge < -0.3 is 16.0 Å². The van der Waals surface area contributed by atoms with Gasteiger partial charge in [0, 0.05) is 25.2 Å². The highest BCUT2D eigenvalue weighted by molar-refractivity contribution is 5.46. The van der Waals surface area contributed by atoms with Crippen molar-refractivity contribution in [2.45, 2.75) is 32.4 Å². The van der Waals surface area contributed by atoms with Gasteiger partial charge in [0.2, 0.25) is 0 Å². The maximum atomic E-state index is 5.63. The summed E-state index contributed by atoms with van der Waals surface area (Å²) >= 11 is 0. The molecule has 0 aromatic carbocycles. The molecule has 0 saturated carbocycles. The van der Waals surface area contributed by atoms with E-state index in [1.165, 1.54) is 6.42 Å². The van der Waals surface area contributed by atoms with Crippen LogP contribution in [0.4, 0.5) is 11.5 Å². The van der Waals surface area contributed by atoms with E-state index in [9.17, 15) is 0 Å². The van der Waals surface area contributed by atoms with E-state index in [0.29, 0.717) is 12.1 Å². The molecule has 0 spiro atoms. The van der Waals surface area contributed by atoms with Crippen LogP contribution in [0.1, 0.15) is 20.3 Å². The Morgan fingerprint density at radius 1 is 1.50 bits per heavy atom. The zero-order valence-corrected chi connectivity index (χ0v) is 9.98. The monoisotopic (exact) mass is 220 g/mol. The van der Waals surface area contributed by atoms with E-state index in [1.54, 1.807) is 6.20 Å². The highest BCUT2D eigenvalue weighted by Crippen LogP contribution is 2.18. The number of hydrogen-bond donors (Lipinski definition) is 2. The molecule has 4 heteroatoms. The maximum absolute atomic E-state index is 5.63. The predicted molar refractivity (Wildman–Crippen MR) is 67.5 cm³/mol. The van der Waals surface area contributed by atoms with Gasteiger partial charge in [-0.3, -0.25) is 0 Å². The largest absolute Gasteiger partial charge is 0.397 e. The van der Waals surface area contributed by atoms with Gasteiger partial charge in [0.15, 0.2) is 0 Å². The lowest BCUT2D eigenvalue weighted by Crippen LogP contribution is -2.37. The minimum absolute atomic E-state index is 0.546. The van der Waals surface area contributed by atoms with E-state index in [4.69, 9.17) is 5.73 Å². The van der Waals surface area contributed by atoms with Crippen molar-refractivity contribution in [1.29, 1.82) is 0 Å². The molecule has 88 valence electrons. The smallest absolute Gasteiger partial charge is 0.128 e. The van der Waals surface area contributed by atoms with Crippen molar-refractivity contribution in [1.82, 2.24) is 10.3 Å². The predicted octanol–water partition coefficient (Wildman–Crippen LogP) is 1.24. The number of anilines is 2. The third-order valence-corrected chi connectivity index (χ3v) is 2.85. The lowest BCUT2D eigenvalue weighted by molar-refractivity contribution is 0.492. The van der Waals surface area contributed by atoms with Crippen LogP contribution >= 0.6 is 0 Å². The lowest BCUT2D eigenvalue weighted by atomic mass is 10.2. The van der Waals surface area contributed by atoms with Gasteiger partial charge in [-0.15, -0.1) is 0 Å². The number of rotatable bonds is 3. The number of nitrogen functional groups attached to an aromatic ring is 1. The summed E-state index contributed by atoms with van der Waals surface area (Å²) in [5.74, 6) is 1.03. The third-order valence-electron chi connectivity index (χ3n) is 2.85. The summed E-state index contributed by atoms with van der Waals surface area (Å²) in [4.78, 5) is 6.65. The van der Waals surface area contributed by atoms with E-state index in [-0.39, 0.29) is 0 Å². The summed E-state index contributed by atoms with van der Waals surface area (Å²) in [6, 6.07) is 5.03. The molecule has 1 aromatic rings. The van der Waals surface area contributed by atoms with E-state index in [0.717, 1.165) is 24.6 Å². The molecule has 0 amide bonds.